The highest BCUT2D eigenvalue weighted by molar-refractivity contribution is 5.90. The number of nitrogens with one attached hydrogen (secondary N) is 1. The van der Waals surface area contributed by atoms with Crippen LogP contribution in [-0.4, -0.2) is 73.9 Å². The fraction of sp³-hybridized carbons (Fsp3) is 0.467. The molecule has 42 heavy (non-hydrogen) atoms. The standard InChI is InChI=1S/C30H33F3N8O/c1-39(2)17-20-11-22(30(31,32)33)13-25(12-20)42-24-4-9-40(10-5-24)23-14-29(15-23,6-7-34)41-18-21(16-38-41)27-26-3-8-35-28(26)37-19-36-27/h3,8,11-13,16,18-19,23-24H,4-6,9-10,14-15,17H2,1-2H3,(H,35,36,37)/t23-,29+. The van der Waals surface area contributed by atoms with Crippen molar-refractivity contribution in [1.82, 2.24) is 34.5 Å². The molecule has 12 heteroatoms. The molecule has 1 aliphatic heterocycles. The van der Waals surface area contributed by atoms with E-state index in [1.54, 1.807) is 12.3 Å². The molecule has 0 amide bonds. The van der Waals surface area contributed by atoms with Crippen molar-refractivity contribution < 1.29 is 17.9 Å². The van der Waals surface area contributed by atoms with Crippen LogP contribution in [0, 0.1) is 11.3 Å². The Morgan fingerprint density at radius 2 is 1.95 bits per heavy atom. The second-order valence-electron chi connectivity index (χ2n) is 11.7. The summed E-state index contributed by atoms with van der Waals surface area (Å²) < 4.78 is 48.6. The number of fused-ring (bicyclic) bond motifs is 1. The van der Waals surface area contributed by atoms with E-state index in [0.717, 1.165) is 67.1 Å². The monoisotopic (exact) mass is 578 g/mol. The summed E-state index contributed by atoms with van der Waals surface area (Å²) in [6, 6.07) is 8.62. The van der Waals surface area contributed by atoms with E-state index in [4.69, 9.17) is 4.74 Å². The average molecular weight is 579 g/mol. The first-order valence-corrected chi connectivity index (χ1v) is 14.1. The molecule has 0 atom stereocenters. The number of nitrogens with zero attached hydrogens (tertiary/aromatic N) is 7. The van der Waals surface area contributed by atoms with E-state index in [1.165, 1.54) is 12.4 Å². The number of aromatic amines is 1. The van der Waals surface area contributed by atoms with Gasteiger partial charge in [-0.05, 0) is 69.6 Å². The van der Waals surface area contributed by atoms with Gasteiger partial charge in [-0.3, -0.25) is 9.58 Å². The summed E-state index contributed by atoms with van der Waals surface area (Å²) in [6.07, 6.45) is 5.98. The van der Waals surface area contributed by atoms with E-state index in [2.05, 4.69) is 31.0 Å². The summed E-state index contributed by atoms with van der Waals surface area (Å²) in [6.45, 7) is 1.98. The Kier molecular flexibility index (Phi) is 7.41. The topological polar surface area (TPSA) is 98.9 Å². The zero-order chi connectivity index (χ0) is 29.5. The number of likely N-dealkylation sites (tertiary alicyclic amines) is 1. The Hall–Kier alpha value is -3.95. The smallest absolute Gasteiger partial charge is 0.416 e. The number of H-pyrrole nitrogens is 1. The summed E-state index contributed by atoms with van der Waals surface area (Å²) in [5, 5.41) is 15.2. The summed E-state index contributed by atoms with van der Waals surface area (Å²) in [5.74, 6) is 0.270. The van der Waals surface area contributed by atoms with Crippen LogP contribution in [0.3, 0.4) is 0 Å². The van der Waals surface area contributed by atoms with Gasteiger partial charge in [0.05, 0.1) is 35.5 Å². The van der Waals surface area contributed by atoms with Crippen molar-refractivity contribution in [1.29, 1.82) is 5.26 Å². The first-order chi connectivity index (χ1) is 20.1. The number of rotatable bonds is 8. The van der Waals surface area contributed by atoms with E-state index in [9.17, 15) is 18.4 Å². The highest BCUT2D eigenvalue weighted by Crippen LogP contribution is 2.46. The predicted molar refractivity (Wildman–Crippen MR) is 150 cm³/mol. The molecule has 9 nitrogen and oxygen atoms in total. The van der Waals surface area contributed by atoms with Gasteiger partial charge >= 0.3 is 6.18 Å². The summed E-state index contributed by atoms with van der Waals surface area (Å²) in [7, 11) is 3.65. The minimum Gasteiger partial charge on any atom is -0.490 e. The molecule has 0 radical (unpaired) electrons. The number of halogens is 3. The van der Waals surface area contributed by atoms with Gasteiger partial charge in [-0.1, -0.05) is 0 Å². The van der Waals surface area contributed by atoms with Gasteiger partial charge in [-0.2, -0.15) is 23.5 Å². The van der Waals surface area contributed by atoms with E-state index >= 15 is 0 Å². The largest absolute Gasteiger partial charge is 0.490 e. The maximum Gasteiger partial charge on any atom is 0.416 e. The lowest BCUT2D eigenvalue weighted by molar-refractivity contribution is -0.137. The Balaban J connectivity index is 1.09. The van der Waals surface area contributed by atoms with Gasteiger partial charge in [0.15, 0.2) is 0 Å². The van der Waals surface area contributed by atoms with Gasteiger partial charge in [0.2, 0.25) is 0 Å². The molecular formula is C30H33F3N8O. The highest BCUT2D eigenvalue weighted by atomic mass is 19.4. The van der Waals surface area contributed by atoms with Gasteiger partial charge in [0, 0.05) is 49.0 Å². The molecule has 4 aromatic rings. The van der Waals surface area contributed by atoms with Gasteiger partial charge in [0.1, 0.15) is 23.8 Å². The predicted octanol–water partition coefficient (Wildman–Crippen LogP) is 5.22. The molecule has 3 aromatic heterocycles. The number of nitriles is 1. The normalized spacial score (nSPS) is 21.9. The Morgan fingerprint density at radius 3 is 2.67 bits per heavy atom. The maximum absolute atomic E-state index is 13.5. The molecule has 0 unspecified atom stereocenters. The van der Waals surface area contributed by atoms with Crippen LogP contribution in [0.15, 0.2) is 49.2 Å². The van der Waals surface area contributed by atoms with Crippen LogP contribution >= 0.6 is 0 Å². The van der Waals surface area contributed by atoms with Gasteiger partial charge in [-0.25, -0.2) is 9.97 Å². The number of ether oxygens (including phenoxy) is 1. The third kappa shape index (κ3) is 5.58. The van der Waals surface area contributed by atoms with Crippen LogP contribution in [0.25, 0.3) is 22.3 Å². The van der Waals surface area contributed by atoms with Crippen molar-refractivity contribution in [2.45, 2.75) is 62.5 Å². The van der Waals surface area contributed by atoms with Crippen LogP contribution in [0.2, 0.25) is 0 Å². The number of hydrogen-bond donors (Lipinski definition) is 1. The molecule has 1 N–H and O–H groups in total. The zero-order valence-corrected chi connectivity index (χ0v) is 23.6. The van der Waals surface area contributed by atoms with Crippen LogP contribution in [-0.2, 0) is 18.3 Å². The first kappa shape index (κ1) is 28.2. The number of piperidine rings is 1. The molecule has 220 valence electrons. The average Bonchev–Trinajstić information content (AvgIpc) is 3.60. The molecule has 1 aliphatic carbocycles. The van der Waals surface area contributed by atoms with Crippen molar-refractivity contribution in [2.75, 3.05) is 27.2 Å². The second kappa shape index (κ2) is 11.0. The van der Waals surface area contributed by atoms with Gasteiger partial charge in [-0.15, -0.1) is 0 Å². The molecule has 0 spiro atoms. The fourth-order valence-electron chi connectivity index (χ4n) is 6.34. The van der Waals surface area contributed by atoms with Crippen molar-refractivity contribution in [3.63, 3.8) is 0 Å². The second-order valence-corrected chi connectivity index (χ2v) is 11.7. The molecule has 0 bridgehead atoms. The van der Waals surface area contributed by atoms with E-state index in [-0.39, 0.29) is 17.4 Å². The quantitative estimate of drug-likeness (QED) is 0.306. The maximum atomic E-state index is 13.5. The van der Waals surface area contributed by atoms with Crippen LogP contribution in [0.4, 0.5) is 13.2 Å². The van der Waals surface area contributed by atoms with E-state index in [1.807, 2.05) is 42.1 Å². The summed E-state index contributed by atoms with van der Waals surface area (Å²) >= 11 is 0. The first-order valence-electron chi connectivity index (χ1n) is 14.1. The lowest BCUT2D eigenvalue weighted by Gasteiger charge is -2.52. The number of hydrogen-bond acceptors (Lipinski definition) is 7. The molecule has 2 aliphatic rings. The van der Waals surface area contributed by atoms with Gasteiger partial charge in [0.25, 0.3) is 0 Å². The molecule has 1 saturated heterocycles. The lowest BCUT2D eigenvalue weighted by atomic mass is 9.69. The Bertz CT molecular complexity index is 1590. The van der Waals surface area contributed by atoms with Crippen molar-refractivity contribution in [3.8, 4) is 23.1 Å². The number of aromatic nitrogens is 5. The zero-order valence-electron chi connectivity index (χ0n) is 23.6. The number of benzene rings is 1. The summed E-state index contributed by atoms with van der Waals surface area (Å²) in [5.41, 5.74) is 1.95. The lowest BCUT2D eigenvalue weighted by Crippen LogP contribution is -2.58. The molecular weight excluding hydrogens is 545 g/mol. The third-order valence-corrected chi connectivity index (χ3v) is 8.42. The van der Waals surface area contributed by atoms with E-state index in [0.29, 0.717) is 24.6 Å². The minimum absolute atomic E-state index is 0.146. The molecule has 6 rings (SSSR count). The fourth-order valence-corrected chi connectivity index (χ4v) is 6.34. The van der Waals surface area contributed by atoms with Crippen molar-refractivity contribution in [2.24, 2.45) is 0 Å². The van der Waals surface area contributed by atoms with Crippen molar-refractivity contribution in [3.05, 3.63) is 60.3 Å². The SMILES string of the molecule is CN(C)Cc1cc(OC2CCN([C@H]3C[C@@](CC#N)(n4cc(-c5ncnc6[nH]ccc56)cn4)C3)CC2)cc(C(F)(F)F)c1. The summed E-state index contributed by atoms with van der Waals surface area (Å²) in [4.78, 5) is 16.1. The Morgan fingerprint density at radius 1 is 1.17 bits per heavy atom. The van der Waals surface area contributed by atoms with Crippen LogP contribution in [0.1, 0.15) is 43.2 Å². The Labute approximate surface area is 241 Å². The molecule has 2 fully saturated rings. The molecule has 4 heterocycles. The van der Waals surface area contributed by atoms with Crippen molar-refractivity contribution >= 4 is 11.0 Å². The van der Waals surface area contributed by atoms with Crippen LogP contribution < -0.4 is 4.74 Å². The molecule has 1 saturated carbocycles. The van der Waals surface area contributed by atoms with Crippen LogP contribution in [0.5, 0.6) is 5.75 Å². The van der Waals surface area contributed by atoms with E-state index < -0.39 is 11.7 Å². The minimum atomic E-state index is -4.43. The number of alkyl halides is 3. The molecule has 1 aromatic carbocycles. The van der Waals surface area contributed by atoms with Gasteiger partial charge < -0.3 is 14.6 Å². The third-order valence-electron chi connectivity index (χ3n) is 8.42. The highest BCUT2D eigenvalue weighted by Gasteiger charge is 2.49.